The van der Waals surface area contributed by atoms with E-state index >= 15 is 0 Å². The van der Waals surface area contributed by atoms with Crippen LogP contribution in [0.1, 0.15) is 66.8 Å². The number of carbonyl (C=O) groups excluding carboxylic acids is 1. The van der Waals surface area contributed by atoms with Gasteiger partial charge in [0, 0.05) is 86.8 Å². The third-order valence-corrected chi connectivity index (χ3v) is 14.2. The van der Waals surface area contributed by atoms with E-state index in [1.807, 2.05) is 17.4 Å². The molecule has 3 aliphatic rings. The standard InChI is InChI=1S/C44H51N7O7S2/c1-29-20-41(59-28-29)37-24-44(2,3)12-8-32(37)27-49-14-16-50(17-15-49)33-4-6-36(40(22-33)58-34-21-31-9-13-45-42(31)47-26-34)43(52)48-60(55,56)35-5-7-38(39(23-35)51(53)54)46-25-30-10-18-57-19-11-30/h4-7,9,13,20-23,26,28,30,46H,8,10-12,14-19,24-25,27H2,1-3H3,(H,45,47)(H,48,52). The van der Waals surface area contributed by atoms with Crippen molar-refractivity contribution in [2.24, 2.45) is 11.3 Å². The molecule has 5 aromatic rings. The Bertz CT molecular complexity index is 2530. The number of thiophene rings is 1. The van der Waals surface area contributed by atoms with E-state index in [0.29, 0.717) is 31.2 Å². The third-order valence-electron chi connectivity index (χ3n) is 11.8. The van der Waals surface area contributed by atoms with Gasteiger partial charge in [0.1, 0.15) is 22.8 Å². The Kier molecular flexibility index (Phi) is 12.0. The zero-order valence-electron chi connectivity index (χ0n) is 34.2. The first kappa shape index (κ1) is 41.4. The molecule has 5 heterocycles. The molecule has 0 atom stereocenters. The SMILES string of the molecule is Cc1csc(C2=C(CN3CCN(c4ccc(C(=O)NS(=O)(=O)c5ccc(NCC6CCOCC6)c([N+](=O)[O-])c5)c(Oc5cnc6[nH]ccc6c5)c4)CC3)CCC(C)(C)C2)c1. The van der Waals surface area contributed by atoms with Crippen LogP contribution in [0.2, 0.25) is 0 Å². The van der Waals surface area contributed by atoms with E-state index in [-0.39, 0.29) is 28.3 Å². The van der Waals surface area contributed by atoms with Gasteiger partial charge in [-0.25, -0.2) is 18.1 Å². The topological polar surface area (TPSA) is 172 Å². The number of aromatic amines is 1. The number of carbonyl (C=O) groups is 1. The van der Waals surface area contributed by atoms with Gasteiger partial charge in [-0.2, -0.15) is 0 Å². The number of hydrogen-bond donors (Lipinski definition) is 3. The normalized spacial score (nSPS) is 17.8. The van der Waals surface area contributed by atoms with Gasteiger partial charge in [0.05, 0.1) is 21.6 Å². The molecule has 0 bridgehead atoms. The summed E-state index contributed by atoms with van der Waals surface area (Å²) in [5.41, 5.74) is 5.88. The number of pyridine rings is 1. The van der Waals surface area contributed by atoms with Crippen LogP contribution in [-0.4, -0.2) is 86.6 Å². The van der Waals surface area contributed by atoms with Gasteiger partial charge in [-0.3, -0.25) is 19.8 Å². The zero-order chi connectivity index (χ0) is 42.0. The number of nitrogens with one attached hydrogen (secondary N) is 3. The summed E-state index contributed by atoms with van der Waals surface area (Å²) < 4.78 is 41.2. The quantitative estimate of drug-likeness (QED) is 0.0768. The molecule has 60 heavy (non-hydrogen) atoms. The van der Waals surface area contributed by atoms with Gasteiger partial charge in [0.25, 0.3) is 21.6 Å². The number of amides is 1. The number of benzene rings is 2. The molecule has 316 valence electrons. The highest BCUT2D eigenvalue weighted by Crippen LogP contribution is 2.45. The molecule has 8 rings (SSSR count). The lowest BCUT2D eigenvalue weighted by Crippen LogP contribution is -2.47. The molecular formula is C44H51N7O7S2. The highest BCUT2D eigenvalue weighted by Gasteiger charge is 2.31. The molecule has 2 saturated heterocycles. The third kappa shape index (κ3) is 9.51. The van der Waals surface area contributed by atoms with Crippen molar-refractivity contribution in [3.63, 3.8) is 0 Å². The summed E-state index contributed by atoms with van der Waals surface area (Å²) in [6.45, 7) is 12.8. The van der Waals surface area contributed by atoms with Gasteiger partial charge in [0.2, 0.25) is 0 Å². The molecule has 0 spiro atoms. The van der Waals surface area contributed by atoms with Gasteiger partial charge < -0.3 is 24.7 Å². The van der Waals surface area contributed by atoms with Crippen molar-refractivity contribution in [3.8, 4) is 11.5 Å². The Balaban J connectivity index is 1.00. The van der Waals surface area contributed by atoms with E-state index in [1.165, 1.54) is 46.3 Å². The molecule has 2 aliphatic heterocycles. The number of H-pyrrole nitrogens is 1. The van der Waals surface area contributed by atoms with E-state index in [1.54, 1.807) is 30.5 Å². The van der Waals surface area contributed by atoms with Gasteiger partial charge in [0.15, 0.2) is 0 Å². The molecule has 14 nitrogen and oxygen atoms in total. The maximum atomic E-state index is 13.9. The lowest BCUT2D eigenvalue weighted by atomic mass is 9.73. The summed E-state index contributed by atoms with van der Waals surface area (Å²) in [5.74, 6) is -0.159. The zero-order valence-corrected chi connectivity index (χ0v) is 35.8. The molecule has 0 saturated carbocycles. The highest BCUT2D eigenvalue weighted by atomic mass is 32.2. The second-order valence-electron chi connectivity index (χ2n) is 16.9. The molecular weight excluding hydrogens is 803 g/mol. The molecule has 1 aliphatic carbocycles. The number of ether oxygens (including phenoxy) is 2. The Morgan fingerprint density at radius 2 is 1.88 bits per heavy atom. The lowest BCUT2D eigenvalue weighted by molar-refractivity contribution is -0.384. The van der Waals surface area contributed by atoms with Crippen LogP contribution in [0.25, 0.3) is 16.6 Å². The number of piperazine rings is 1. The van der Waals surface area contributed by atoms with Crippen LogP contribution in [0, 0.1) is 28.4 Å². The Labute approximate surface area is 354 Å². The molecule has 2 fully saturated rings. The van der Waals surface area contributed by atoms with Crippen molar-refractivity contribution >= 4 is 60.9 Å². The fourth-order valence-corrected chi connectivity index (χ4v) is 10.3. The van der Waals surface area contributed by atoms with Crippen LogP contribution >= 0.6 is 11.3 Å². The lowest BCUT2D eigenvalue weighted by Gasteiger charge is -2.39. The first-order valence-electron chi connectivity index (χ1n) is 20.5. The molecule has 3 aromatic heterocycles. The summed E-state index contributed by atoms with van der Waals surface area (Å²) in [7, 11) is -4.54. The molecule has 0 unspecified atom stereocenters. The van der Waals surface area contributed by atoms with E-state index in [9.17, 15) is 23.3 Å². The summed E-state index contributed by atoms with van der Waals surface area (Å²) >= 11 is 1.84. The monoisotopic (exact) mass is 853 g/mol. The number of sulfonamides is 1. The number of rotatable bonds is 13. The fourth-order valence-electron chi connectivity index (χ4n) is 8.29. The van der Waals surface area contributed by atoms with E-state index in [0.717, 1.165) is 75.5 Å². The molecule has 3 N–H and O–H groups in total. The highest BCUT2D eigenvalue weighted by molar-refractivity contribution is 7.90. The number of aromatic nitrogens is 2. The first-order chi connectivity index (χ1) is 28.8. The average molecular weight is 854 g/mol. The number of aryl methyl sites for hydroxylation is 1. The van der Waals surface area contributed by atoms with Crippen molar-refractivity contribution in [3.05, 3.63) is 104 Å². The minimum atomic E-state index is -4.54. The Morgan fingerprint density at radius 3 is 2.63 bits per heavy atom. The predicted molar refractivity (Wildman–Crippen MR) is 235 cm³/mol. The number of nitro benzene ring substituents is 1. The van der Waals surface area contributed by atoms with Gasteiger partial charge in [-0.05, 0) is 109 Å². The Hall–Kier alpha value is -5.29. The van der Waals surface area contributed by atoms with Crippen molar-refractivity contribution < 1.29 is 27.6 Å². The van der Waals surface area contributed by atoms with Crippen molar-refractivity contribution in [2.75, 3.05) is 62.7 Å². The number of hydrogen-bond acceptors (Lipinski definition) is 12. The largest absolute Gasteiger partial charge is 0.455 e. The van der Waals surface area contributed by atoms with Gasteiger partial charge >= 0.3 is 0 Å². The summed E-state index contributed by atoms with van der Waals surface area (Å²) in [4.78, 5) is 38.5. The number of fused-ring (bicyclic) bond motifs is 1. The van der Waals surface area contributed by atoms with Crippen LogP contribution in [-0.2, 0) is 14.8 Å². The van der Waals surface area contributed by atoms with Crippen molar-refractivity contribution in [1.29, 1.82) is 0 Å². The summed E-state index contributed by atoms with van der Waals surface area (Å²) in [5, 5.41) is 18.2. The summed E-state index contributed by atoms with van der Waals surface area (Å²) in [6, 6.07) is 14.6. The van der Waals surface area contributed by atoms with E-state index in [4.69, 9.17) is 9.47 Å². The second-order valence-corrected chi connectivity index (χ2v) is 19.4. The van der Waals surface area contributed by atoms with Crippen LogP contribution in [0.3, 0.4) is 0 Å². The maximum absolute atomic E-state index is 13.9. The average Bonchev–Trinajstić information content (AvgIpc) is 3.89. The second kappa shape index (κ2) is 17.4. The van der Waals surface area contributed by atoms with E-state index in [2.05, 4.69) is 62.0 Å². The number of allylic oxidation sites excluding steroid dienone is 1. The molecule has 0 radical (unpaired) electrons. The number of nitrogens with zero attached hydrogens (tertiary/aromatic N) is 4. The summed E-state index contributed by atoms with van der Waals surface area (Å²) in [6.07, 6.45) is 8.31. The van der Waals surface area contributed by atoms with Crippen molar-refractivity contribution in [2.45, 2.75) is 57.8 Å². The van der Waals surface area contributed by atoms with E-state index < -0.39 is 31.4 Å². The van der Waals surface area contributed by atoms with Crippen LogP contribution < -0.4 is 19.7 Å². The molecule has 1 amide bonds. The minimum Gasteiger partial charge on any atom is -0.455 e. The minimum absolute atomic E-state index is 0.0251. The fraction of sp³-hybridized carbons (Fsp3) is 0.409. The van der Waals surface area contributed by atoms with Crippen LogP contribution in [0.15, 0.2) is 82.8 Å². The number of nitro groups is 1. The van der Waals surface area contributed by atoms with Gasteiger partial charge in [-0.15, -0.1) is 11.3 Å². The predicted octanol–water partition coefficient (Wildman–Crippen LogP) is 8.38. The smallest absolute Gasteiger partial charge is 0.293 e. The molecule has 2 aromatic carbocycles. The molecule has 16 heteroatoms. The maximum Gasteiger partial charge on any atom is 0.293 e. The number of anilines is 2. The first-order valence-corrected chi connectivity index (χ1v) is 22.8. The van der Waals surface area contributed by atoms with Crippen molar-refractivity contribution in [1.82, 2.24) is 19.6 Å². The van der Waals surface area contributed by atoms with Gasteiger partial charge in [-0.1, -0.05) is 19.4 Å². The van der Waals surface area contributed by atoms with Crippen LogP contribution in [0.4, 0.5) is 17.1 Å². The van der Waals surface area contributed by atoms with Crippen LogP contribution in [0.5, 0.6) is 11.5 Å². The Morgan fingerprint density at radius 1 is 1.08 bits per heavy atom.